The van der Waals surface area contributed by atoms with E-state index in [9.17, 15) is 0 Å². The van der Waals surface area contributed by atoms with Crippen molar-refractivity contribution in [2.75, 3.05) is 39.3 Å². The maximum Gasteiger partial charge on any atom is 0.293 e. The molecule has 23 heavy (non-hydrogen) atoms. The van der Waals surface area contributed by atoms with Gasteiger partial charge in [0, 0.05) is 32.7 Å². The van der Waals surface area contributed by atoms with E-state index >= 15 is 0 Å². The molecule has 2 saturated heterocycles. The molecule has 1 aromatic carbocycles. The zero-order valence-corrected chi connectivity index (χ0v) is 14.1. The Morgan fingerprint density at radius 2 is 1.96 bits per heavy atom. The second-order valence-electron chi connectivity index (χ2n) is 6.79. The van der Waals surface area contributed by atoms with Crippen LogP contribution in [0.2, 0.25) is 0 Å². The van der Waals surface area contributed by atoms with Crippen LogP contribution in [0.15, 0.2) is 30.3 Å². The molecule has 4 heteroatoms. The molecular weight excluding hydrogens is 286 g/mol. The van der Waals surface area contributed by atoms with Crippen LogP contribution in [0.4, 0.5) is 0 Å². The summed E-state index contributed by atoms with van der Waals surface area (Å²) in [6, 6.07) is 10.7. The SMILES string of the molecule is [C-]#[N+]C1(N2CCN(CCc3ccccc3)CC2)CCOC(C)C1. The lowest BCUT2D eigenvalue weighted by Crippen LogP contribution is -2.58. The average molecular weight is 313 g/mol. The topological polar surface area (TPSA) is 20.1 Å². The number of nitrogens with zero attached hydrogens (tertiary/aromatic N) is 3. The lowest BCUT2D eigenvalue weighted by atomic mass is 9.94. The van der Waals surface area contributed by atoms with Gasteiger partial charge >= 0.3 is 0 Å². The largest absolute Gasteiger partial charge is 0.378 e. The summed E-state index contributed by atoms with van der Waals surface area (Å²) < 4.78 is 5.65. The minimum atomic E-state index is -0.316. The summed E-state index contributed by atoms with van der Waals surface area (Å²) in [4.78, 5) is 9.00. The van der Waals surface area contributed by atoms with Gasteiger partial charge in [-0.2, -0.15) is 0 Å². The number of benzene rings is 1. The highest BCUT2D eigenvalue weighted by atomic mass is 16.5. The third-order valence-corrected chi connectivity index (χ3v) is 5.25. The molecule has 2 atom stereocenters. The molecule has 0 spiro atoms. The Balaban J connectivity index is 1.51. The molecule has 3 rings (SSSR count). The average Bonchev–Trinajstić information content (AvgIpc) is 2.61. The zero-order valence-electron chi connectivity index (χ0n) is 14.1. The first-order valence-corrected chi connectivity index (χ1v) is 8.73. The monoisotopic (exact) mass is 313 g/mol. The normalized spacial score (nSPS) is 30.0. The molecule has 0 N–H and O–H groups in total. The number of hydrogen-bond acceptors (Lipinski definition) is 3. The molecular formula is C19H27N3O. The zero-order chi connectivity index (χ0) is 16.1. The van der Waals surface area contributed by atoms with E-state index < -0.39 is 0 Å². The van der Waals surface area contributed by atoms with Crippen molar-refractivity contribution in [3.63, 3.8) is 0 Å². The molecule has 2 aliphatic rings. The van der Waals surface area contributed by atoms with Crippen LogP contribution in [0, 0.1) is 6.57 Å². The van der Waals surface area contributed by atoms with E-state index in [0.717, 1.165) is 58.6 Å². The van der Waals surface area contributed by atoms with Crippen LogP contribution in [0.3, 0.4) is 0 Å². The van der Waals surface area contributed by atoms with Crippen molar-refractivity contribution in [2.45, 2.75) is 38.0 Å². The lowest BCUT2D eigenvalue weighted by Gasteiger charge is -2.43. The summed E-state index contributed by atoms with van der Waals surface area (Å²) in [5.74, 6) is 0. The Kier molecular flexibility index (Phi) is 5.32. The Morgan fingerprint density at radius 1 is 1.22 bits per heavy atom. The Bertz CT molecular complexity index is 533. The van der Waals surface area contributed by atoms with Gasteiger partial charge < -0.3 is 9.64 Å². The van der Waals surface area contributed by atoms with Crippen molar-refractivity contribution in [1.82, 2.24) is 9.80 Å². The third-order valence-electron chi connectivity index (χ3n) is 5.25. The predicted octanol–water partition coefficient (Wildman–Crippen LogP) is 2.66. The lowest BCUT2D eigenvalue weighted by molar-refractivity contribution is -0.0597. The van der Waals surface area contributed by atoms with E-state index in [2.05, 4.69) is 51.9 Å². The summed E-state index contributed by atoms with van der Waals surface area (Å²) in [5.41, 5.74) is 1.09. The highest BCUT2D eigenvalue weighted by Gasteiger charge is 2.47. The first kappa shape index (κ1) is 16.4. The molecule has 0 saturated carbocycles. The molecule has 0 aliphatic carbocycles. The molecule has 1 aromatic rings. The summed E-state index contributed by atoms with van der Waals surface area (Å²) in [7, 11) is 0. The van der Waals surface area contributed by atoms with Crippen LogP contribution in [0.5, 0.6) is 0 Å². The van der Waals surface area contributed by atoms with Crippen LogP contribution in [-0.4, -0.2) is 60.9 Å². The fourth-order valence-electron chi connectivity index (χ4n) is 3.82. The van der Waals surface area contributed by atoms with Gasteiger partial charge in [0.25, 0.3) is 5.66 Å². The molecule has 0 bridgehead atoms. The minimum Gasteiger partial charge on any atom is -0.378 e. The highest BCUT2D eigenvalue weighted by Crippen LogP contribution is 2.33. The standard InChI is InChI=1S/C19H27N3O/c1-17-16-19(20-2,9-15-23-17)22-13-11-21(12-14-22)10-8-18-6-4-3-5-7-18/h3-7,17H,8-16H2,1H3. The quantitative estimate of drug-likeness (QED) is 0.797. The predicted molar refractivity (Wildman–Crippen MR) is 92.1 cm³/mol. The van der Waals surface area contributed by atoms with Crippen molar-refractivity contribution in [1.29, 1.82) is 0 Å². The van der Waals surface area contributed by atoms with E-state index in [-0.39, 0.29) is 11.8 Å². The molecule has 124 valence electrons. The molecule has 2 heterocycles. The van der Waals surface area contributed by atoms with Gasteiger partial charge in [0.1, 0.15) is 0 Å². The molecule has 2 fully saturated rings. The van der Waals surface area contributed by atoms with Gasteiger partial charge in [0.05, 0.1) is 25.6 Å². The first-order chi connectivity index (χ1) is 11.2. The van der Waals surface area contributed by atoms with Gasteiger partial charge in [-0.15, -0.1) is 0 Å². The number of piperazine rings is 1. The maximum absolute atomic E-state index is 7.73. The van der Waals surface area contributed by atoms with E-state index in [1.807, 2.05) is 0 Å². The third kappa shape index (κ3) is 3.92. The van der Waals surface area contributed by atoms with Crippen LogP contribution in [0.1, 0.15) is 25.3 Å². The summed E-state index contributed by atoms with van der Waals surface area (Å²) in [6.45, 7) is 15.8. The Labute approximate surface area is 139 Å². The fraction of sp³-hybridized carbons (Fsp3) is 0.632. The highest BCUT2D eigenvalue weighted by molar-refractivity contribution is 5.15. The van der Waals surface area contributed by atoms with Crippen molar-refractivity contribution < 1.29 is 4.74 Å². The first-order valence-electron chi connectivity index (χ1n) is 8.73. The van der Waals surface area contributed by atoms with E-state index in [4.69, 9.17) is 11.3 Å². The maximum atomic E-state index is 7.73. The number of ether oxygens (including phenoxy) is 1. The van der Waals surface area contributed by atoms with Crippen LogP contribution in [-0.2, 0) is 11.2 Å². The van der Waals surface area contributed by atoms with Crippen LogP contribution < -0.4 is 0 Å². The fourth-order valence-corrected chi connectivity index (χ4v) is 3.82. The second-order valence-corrected chi connectivity index (χ2v) is 6.79. The number of hydrogen-bond donors (Lipinski definition) is 0. The van der Waals surface area contributed by atoms with Crippen LogP contribution >= 0.6 is 0 Å². The molecule has 2 unspecified atom stereocenters. The van der Waals surface area contributed by atoms with Crippen molar-refractivity contribution in [3.8, 4) is 0 Å². The summed E-state index contributed by atoms with van der Waals surface area (Å²) in [5, 5.41) is 0. The molecule has 0 aromatic heterocycles. The molecule has 2 aliphatic heterocycles. The van der Waals surface area contributed by atoms with E-state index in [1.54, 1.807) is 0 Å². The van der Waals surface area contributed by atoms with Gasteiger partial charge in [0.15, 0.2) is 0 Å². The molecule has 0 amide bonds. The summed E-state index contributed by atoms with van der Waals surface area (Å²) in [6.07, 6.45) is 3.01. The van der Waals surface area contributed by atoms with Crippen LogP contribution in [0.25, 0.3) is 4.85 Å². The van der Waals surface area contributed by atoms with Gasteiger partial charge in [-0.1, -0.05) is 30.3 Å². The van der Waals surface area contributed by atoms with Gasteiger partial charge in [-0.3, -0.25) is 4.85 Å². The Morgan fingerprint density at radius 3 is 2.61 bits per heavy atom. The van der Waals surface area contributed by atoms with Gasteiger partial charge in [-0.05, 0) is 18.9 Å². The summed E-state index contributed by atoms with van der Waals surface area (Å²) >= 11 is 0. The molecule has 0 radical (unpaired) electrons. The van der Waals surface area contributed by atoms with Gasteiger partial charge in [-0.25, -0.2) is 11.5 Å². The smallest absolute Gasteiger partial charge is 0.293 e. The van der Waals surface area contributed by atoms with E-state index in [0.29, 0.717) is 0 Å². The number of rotatable bonds is 4. The minimum absolute atomic E-state index is 0.203. The Hall–Kier alpha value is -1.41. The van der Waals surface area contributed by atoms with Crippen molar-refractivity contribution >= 4 is 0 Å². The second kappa shape index (κ2) is 7.44. The van der Waals surface area contributed by atoms with E-state index in [1.165, 1.54) is 5.56 Å². The van der Waals surface area contributed by atoms with Crippen molar-refractivity contribution in [3.05, 3.63) is 47.3 Å². The molecule has 4 nitrogen and oxygen atoms in total. The van der Waals surface area contributed by atoms with Crippen molar-refractivity contribution in [2.24, 2.45) is 0 Å². The van der Waals surface area contributed by atoms with Gasteiger partial charge in [0.2, 0.25) is 0 Å².